The molecule has 10 heteroatoms. The Morgan fingerprint density at radius 2 is 1.97 bits per heavy atom. The van der Waals surface area contributed by atoms with Crippen LogP contribution < -0.4 is 4.90 Å². The highest BCUT2D eigenvalue weighted by Gasteiger charge is 2.40. The molecule has 1 N–H and O–H groups in total. The maximum atomic E-state index is 13.0. The van der Waals surface area contributed by atoms with Crippen LogP contribution in [0.1, 0.15) is 26.3 Å². The first-order valence-corrected chi connectivity index (χ1v) is 10.9. The third-order valence-corrected chi connectivity index (χ3v) is 5.53. The SMILES string of the molecule is CC(C)(C)OC(=O)N(Cc1ccc(Cl)cc1Cl)[C@@H]1CN(c2ncc(Br)cn2)C[C@H]1O. The minimum atomic E-state index is -0.809. The summed E-state index contributed by atoms with van der Waals surface area (Å²) in [6, 6.07) is 4.57. The number of hydrogen-bond donors (Lipinski definition) is 1. The van der Waals surface area contributed by atoms with E-state index in [-0.39, 0.29) is 6.54 Å². The minimum absolute atomic E-state index is 0.168. The zero-order valence-electron chi connectivity index (χ0n) is 16.8. The molecule has 2 heterocycles. The molecule has 0 saturated carbocycles. The molecule has 7 nitrogen and oxygen atoms in total. The molecule has 162 valence electrons. The molecule has 0 radical (unpaired) electrons. The summed E-state index contributed by atoms with van der Waals surface area (Å²) < 4.78 is 6.36. The molecule has 2 atom stereocenters. The maximum Gasteiger partial charge on any atom is 0.410 e. The Bertz CT molecular complexity index is 908. The second-order valence-corrected chi connectivity index (χ2v) is 9.84. The van der Waals surface area contributed by atoms with Gasteiger partial charge in [-0.1, -0.05) is 29.3 Å². The summed E-state index contributed by atoms with van der Waals surface area (Å²) >= 11 is 15.6. The molecule has 1 amide bonds. The van der Waals surface area contributed by atoms with Crippen LogP contribution in [0.3, 0.4) is 0 Å². The lowest BCUT2D eigenvalue weighted by atomic mass is 10.1. The van der Waals surface area contributed by atoms with Crippen LogP contribution in [-0.2, 0) is 11.3 Å². The molecule has 1 aromatic heterocycles. The van der Waals surface area contributed by atoms with Gasteiger partial charge in [-0.3, -0.25) is 4.90 Å². The number of carbonyl (C=O) groups is 1. The van der Waals surface area contributed by atoms with Crippen LogP contribution in [0.25, 0.3) is 0 Å². The van der Waals surface area contributed by atoms with Crippen molar-refractivity contribution in [3.8, 4) is 0 Å². The molecule has 1 aliphatic rings. The third kappa shape index (κ3) is 5.75. The Labute approximate surface area is 194 Å². The van der Waals surface area contributed by atoms with Crippen molar-refractivity contribution in [2.75, 3.05) is 18.0 Å². The average molecular weight is 518 g/mol. The van der Waals surface area contributed by atoms with E-state index in [1.54, 1.807) is 51.4 Å². The first-order chi connectivity index (χ1) is 14.0. The molecule has 1 saturated heterocycles. The van der Waals surface area contributed by atoms with E-state index in [2.05, 4.69) is 25.9 Å². The molecule has 30 heavy (non-hydrogen) atoms. The van der Waals surface area contributed by atoms with Crippen molar-refractivity contribution in [3.05, 3.63) is 50.7 Å². The molecular weight excluding hydrogens is 495 g/mol. The van der Waals surface area contributed by atoms with E-state index in [4.69, 9.17) is 27.9 Å². The van der Waals surface area contributed by atoms with Gasteiger partial charge in [0.25, 0.3) is 0 Å². The Morgan fingerprint density at radius 3 is 2.57 bits per heavy atom. The van der Waals surface area contributed by atoms with Crippen molar-refractivity contribution in [3.63, 3.8) is 0 Å². The number of carbonyl (C=O) groups excluding carboxylic acids is 1. The number of ether oxygens (including phenoxy) is 1. The Hall–Kier alpha value is -1.61. The minimum Gasteiger partial charge on any atom is -0.444 e. The van der Waals surface area contributed by atoms with Gasteiger partial charge in [0.1, 0.15) is 5.60 Å². The largest absolute Gasteiger partial charge is 0.444 e. The summed E-state index contributed by atoms with van der Waals surface area (Å²) in [5, 5.41) is 11.7. The molecule has 1 fully saturated rings. The zero-order chi connectivity index (χ0) is 22.1. The van der Waals surface area contributed by atoms with E-state index in [0.717, 1.165) is 4.47 Å². The summed E-state index contributed by atoms with van der Waals surface area (Å²) in [6.45, 7) is 6.21. The van der Waals surface area contributed by atoms with Crippen LogP contribution in [-0.4, -0.2) is 56.9 Å². The lowest BCUT2D eigenvalue weighted by Crippen LogP contribution is -2.48. The summed E-state index contributed by atoms with van der Waals surface area (Å²) in [5.74, 6) is 0.480. The van der Waals surface area contributed by atoms with E-state index in [9.17, 15) is 9.90 Å². The van der Waals surface area contributed by atoms with Crippen molar-refractivity contribution in [2.45, 2.75) is 45.1 Å². The summed E-state index contributed by atoms with van der Waals surface area (Å²) in [5.41, 5.74) is 0.0226. The molecule has 2 aromatic rings. The van der Waals surface area contributed by atoms with Crippen LogP contribution in [0, 0.1) is 0 Å². The quantitative estimate of drug-likeness (QED) is 0.641. The van der Waals surface area contributed by atoms with Gasteiger partial charge in [0.05, 0.1) is 23.2 Å². The fourth-order valence-electron chi connectivity index (χ4n) is 3.18. The standard InChI is InChI=1S/C20H23BrCl2N4O3/c1-20(2,3)30-19(29)27(9-12-4-5-14(22)6-15(12)23)16-10-26(11-17(16)28)18-24-7-13(21)8-25-18/h4-8,16-17,28H,9-11H2,1-3H3/t16-,17-/m1/s1. The first kappa shape index (κ1) is 23.1. The normalized spacial score (nSPS) is 19.1. The topological polar surface area (TPSA) is 78.8 Å². The summed E-state index contributed by atoms with van der Waals surface area (Å²) in [7, 11) is 0. The molecule has 3 rings (SSSR count). The fraction of sp³-hybridized carbons (Fsp3) is 0.450. The van der Waals surface area contributed by atoms with Crippen LogP contribution in [0.2, 0.25) is 10.0 Å². The van der Waals surface area contributed by atoms with Gasteiger partial charge >= 0.3 is 6.09 Å². The smallest absolute Gasteiger partial charge is 0.410 e. The highest BCUT2D eigenvalue weighted by Crippen LogP contribution is 2.28. The Balaban J connectivity index is 1.86. The van der Waals surface area contributed by atoms with Gasteiger partial charge in [-0.15, -0.1) is 0 Å². The Morgan fingerprint density at radius 1 is 1.30 bits per heavy atom. The van der Waals surface area contributed by atoms with E-state index in [0.29, 0.717) is 34.6 Å². The molecule has 1 aromatic carbocycles. The highest BCUT2D eigenvalue weighted by atomic mass is 79.9. The number of aliphatic hydroxyl groups excluding tert-OH is 1. The molecule has 0 spiro atoms. The number of halogens is 3. The monoisotopic (exact) mass is 516 g/mol. The number of benzene rings is 1. The maximum absolute atomic E-state index is 13.0. The van der Waals surface area contributed by atoms with Crippen molar-refractivity contribution < 1.29 is 14.6 Å². The van der Waals surface area contributed by atoms with Gasteiger partial charge in [-0.2, -0.15) is 0 Å². The molecule has 0 bridgehead atoms. The molecule has 0 aliphatic carbocycles. The van der Waals surface area contributed by atoms with Crippen LogP contribution >= 0.6 is 39.1 Å². The number of amides is 1. The van der Waals surface area contributed by atoms with Gasteiger partial charge in [-0.25, -0.2) is 14.8 Å². The lowest BCUT2D eigenvalue weighted by molar-refractivity contribution is 0.00142. The molecular formula is C20H23BrCl2N4O3. The number of aliphatic hydroxyl groups is 1. The van der Waals surface area contributed by atoms with E-state index in [1.165, 1.54) is 4.90 Å². The predicted molar refractivity (Wildman–Crippen MR) is 120 cm³/mol. The van der Waals surface area contributed by atoms with Gasteiger partial charge in [0, 0.05) is 35.5 Å². The van der Waals surface area contributed by atoms with Crippen molar-refractivity contribution >= 4 is 51.2 Å². The van der Waals surface area contributed by atoms with Gasteiger partial charge in [0.2, 0.25) is 5.95 Å². The fourth-order valence-corrected chi connectivity index (χ4v) is 3.85. The van der Waals surface area contributed by atoms with Crippen LogP contribution in [0.5, 0.6) is 0 Å². The van der Waals surface area contributed by atoms with E-state index >= 15 is 0 Å². The van der Waals surface area contributed by atoms with Crippen LogP contribution in [0.4, 0.5) is 10.7 Å². The van der Waals surface area contributed by atoms with Crippen molar-refractivity contribution in [1.82, 2.24) is 14.9 Å². The summed E-state index contributed by atoms with van der Waals surface area (Å²) in [4.78, 5) is 24.9. The molecule has 1 aliphatic heterocycles. The lowest BCUT2D eigenvalue weighted by Gasteiger charge is -2.33. The predicted octanol–water partition coefficient (Wildman–Crippen LogP) is 4.53. The zero-order valence-corrected chi connectivity index (χ0v) is 19.9. The number of anilines is 1. The van der Waals surface area contributed by atoms with E-state index < -0.39 is 23.8 Å². The highest BCUT2D eigenvalue weighted by molar-refractivity contribution is 9.10. The number of nitrogens with zero attached hydrogens (tertiary/aromatic N) is 4. The summed E-state index contributed by atoms with van der Waals surface area (Å²) in [6.07, 6.45) is 1.94. The van der Waals surface area contributed by atoms with Gasteiger partial charge in [-0.05, 0) is 54.4 Å². The average Bonchev–Trinajstić information content (AvgIpc) is 3.01. The van der Waals surface area contributed by atoms with Crippen LogP contribution in [0.15, 0.2) is 35.1 Å². The Kier molecular flexibility index (Phi) is 7.12. The number of aromatic nitrogens is 2. The van der Waals surface area contributed by atoms with Gasteiger partial charge in [0.15, 0.2) is 0 Å². The number of β-amino-alcohol motifs (C(OH)–C–C–N with tert-alkyl or cyclic N) is 1. The van der Waals surface area contributed by atoms with Crippen molar-refractivity contribution in [2.24, 2.45) is 0 Å². The second-order valence-electron chi connectivity index (χ2n) is 8.08. The van der Waals surface area contributed by atoms with Gasteiger partial charge < -0.3 is 14.7 Å². The number of hydrogen-bond acceptors (Lipinski definition) is 6. The third-order valence-electron chi connectivity index (χ3n) is 4.53. The first-order valence-electron chi connectivity index (χ1n) is 9.37. The molecule has 0 unspecified atom stereocenters. The number of rotatable bonds is 4. The van der Waals surface area contributed by atoms with E-state index in [1.807, 2.05) is 4.90 Å². The second kappa shape index (κ2) is 9.26. The van der Waals surface area contributed by atoms with Crippen molar-refractivity contribution in [1.29, 1.82) is 0 Å².